The molecule has 0 radical (unpaired) electrons. The molecular weight excluding hydrogens is 218 g/mol. The molecule has 0 aromatic rings. The molecule has 0 amide bonds. The maximum absolute atomic E-state index is 13.5. The topological polar surface area (TPSA) is 73.9 Å². The normalized spacial score (nSPS) is 27.1. The Morgan fingerprint density at radius 1 is 1.50 bits per heavy atom. The van der Waals surface area contributed by atoms with E-state index < -0.39 is 36.1 Å². The van der Waals surface area contributed by atoms with Gasteiger partial charge in [0.1, 0.15) is 5.92 Å². The molecule has 1 aliphatic rings. The van der Waals surface area contributed by atoms with Gasteiger partial charge in [-0.25, -0.2) is 8.78 Å². The summed E-state index contributed by atoms with van der Waals surface area (Å²) in [6.45, 7) is 0. The first-order valence-corrected chi connectivity index (χ1v) is 4.72. The Morgan fingerprint density at radius 2 is 2.06 bits per heavy atom. The number of hydrogen-bond acceptors (Lipinski definition) is 4. The summed E-state index contributed by atoms with van der Waals surface area (Å²) in [6, 6.07) is 3.02. The van der Waals surface area contributed by atoms with Crippen LogP contribution in [0.3, 0.4) is 0 Å². The second-order valence-corrected chi connectivity index (χ2v) is 3.69. The fraction of sp³-hybridized carbons (Fsp3) is 0.700. The average molecular weight is 228 g/mol. The predicted octanol–water partition coefficient (Wildman–Crippen LogP) is 1.48. The average Bonchev–Trinajstić information content (AvgIpc) is 2.56. The van der Waals surface area contributed by atoms with E-state index in [1.807, 2.05) is 0 Å². The van der Waals surface area contributed by atoms with Crippen molar-refractivity contribution in [3.8, 4) is 12.1 Å². The van der Waals surface area contributed by atoms with Crippen LogP contribution in [0.15, 0.2) is 0 Å². The monoisotopic (exact) mass is 228 g/mol. The van der Waals surface area contributed by atoms with E-state index in [4.69, 9.17) is 10.5 Å². The quantitative estimate of drug-likeness (QED) is 0.671. The molecule has 0 bridgehead atoms. The van der Waals surface area contributed by atoms with Crippen molar-refractivity contribution in [1.82, 2.24) is 0 Å². The zero-order chi connectivity index (χ0) is 12.3. The number of hydrogen-bond donors (Lipinski definition) is 0. The van der Waals surface area contributed by atoms with Crippen molar-refractivity contribution < 1.29 is 18.3 Å². The van der Waals surface area contributed by atoms with Crippen LogP contribution in [0.25, 0.3) is 0 Å². The van der Waals surface area contributed by atoms with Gasteiger partial charge in [-0.05, 0) is 6.42 Å². The third-order valence-electron chi connectivity index (χ3n) is 2.85. The van der Waals surface area contributed by atoms with Gasteiger partial charge in [-0.1, -0.05) is 0 Å². The number of nitrogens with zero attached hydrogens (tertiary/aromatic N) is 2. The lowest BCUT2D eigenvalue weighted by molar-refractivity contribution is -0.150. The van der Waals surface area contributed by atoms with Crippen LogP contribution in [0.4, 0.5) is 8.78 Å². The van der Waals surface area contributed by atoms with Crippen molar-refractivity contribution in [2.75, 3.05) is 7.11 Å². The molecule has 4 nitrogen and oxygen atoms in total. The zero-order valence-corrected chi connectivity index (χ0v) is 8.61. The Labute approximate surface area is 91.4 Å². The van der Waals surface area contributed by atoms with Crippen LogP contribution in [-0.4, -0.2) is 19.0 Å². The van der Waals surface area contributed by atoms with Crippen molar-refractivity contribution in [1.29, 1.82) is 10.5 Å². The van der Waals surface area contributed by atoms with Crippen molar-refractivity contribution in [2.45, 2.75) is 18.8 Å². The molecular formula is C10H10F2N2O2. The van der Waals surface area contributed by atoms with Crippen molar-refractivity contribution in [3.63, 3.8) is 0 Å². The van der Waals surface area contributed by atoms with Gasteiger partial charge < -0.3 is 4.74 Å². The highest BCUT2D eigenvalue weighted by Gasteiger charge is 2.56. The van der Waals surface area contributed by atoms with Gasteiger partial charge in [-0.15, -0.1) is 0 Å². The van der Waals surface area contributed by atoms with Crippen molar-refractivity contribution in [3.05, 3.63) is 0 Å². The first kappa shape index (κ1) is 12.4. The summed E-state index contributed by atoms with van der Waals surface area (Å²) in [6.07, 6.45) is -0.540. The molecule has 1 rings (SSSR count). The standard InChI is InChI=1S/C10H10F2N2O2/c1-16-9(15)7-2-3-10(11,12)8(7)6(4-13)5-14/h6-8H,2-3H2,1H3. The third kappa shape index (κ3) is 1.96. The number of rotatable bonds is 2. The van der Waals surface area contributed by atoms with Crippen LogP contribution < -0.4 is 0 Å². The van der Waals surface area contributed by atoms with Gasteiger partial charge in [0.15, 0.2) is 0 Å². The number of methoxy groups -OCH3 is 1. The summed E-state index contributed by atoms with van der Waals surface area (Å²) < 4.78 is 31.3. The number of halogens is 2. The molecule has 1 saturated carbocycles. The SMILES string of the molecule is COC(=O)C1CCC(F)(F)C1C(C#N)C#N. The Bertz CT molecular complexity index is 356. The van der Waals surface area contributed by atoms with Gasteiger partial charge in [0.25, 0.3) is 5.92 Å². The minimum Gasteiger partial charge on any atom is -0.469 e. The highest BCUT2D eigenvalue weighted by Crippen LogP contribution is 2.48. The number of carbonyl (C=O) groups is 1. The Balaban J connectivity index is 3.02. The minimum atomic E-state index is -3.16. The molecule has 2 unspecified atom stereocenters. The molecule has 2 atom stereocenters. The number of carbonyl (C=O) groups excluding carboxylic acids is 1. The molecule has 86 valence electrons. The summed E-state index contributed by atoms with van der Waals surface area (Å²) in [4.78, 5) is 11.3. The minimum absolute atomic E-state index is 0.0514. The number of ether oxygens (including phenoxy) is 1. The summed E-state index contributed by atoms with van der Waals surface area (Å²) in [7, 11) is 1.10. The molecule has 0 aromatic heterocycles. The Morgan fingerprint density at radius 3 is 2.50 bits per heavy atom. The lowest BCUT2D eigenvalue weighted by Gasteiger charge is -2.23. The van der Waals surface area contributed by atoms with Gasteiger partial charge in [-0.2, -0.15) is 10.5 Å². The van der Waals surface area contributed by atoms with Crippen LogP contribution in [0, 0.1) is 40.4 Å². The van der Waals surface area contributed by atoms with Gasteiger partial charge in [0.05, 0.1) is 31.1 Å². The summed E-state index contributed by atoms with van der Waals surface area (Å²) in [5, 5.41) is 17.3. The number of alkyl halides is 2. The molecule has 0 heterocycles. The van der Waals surface area contributed by atoms with E-state index in [0.717, 1.165) is 7.11 Å². The van der Waals surface area contributed by atoms with Gasteiger partial charge >= 0.3 is 5.97 Å². The molecule has 0 N–H and O–H groups in total. The summed E-state index contributed by atoms with van der Waals surface area (Å²) >= 11 is 0. The zero-order valence-electron chi connectivity index (χ0n) is 8.61. The molecule has 1 fully saturated rings. The molecule has 6 heteroatoms. The fourth-order valence-electron chi connectivity index (χ4n) is 2.07. The first-order chi connectivity index (χ1) is 7.47. The molecule has 0 saturated heterocycles. The number of nitriles is 2. The van der Waals surface area contributed by atoms with Gasteiger partial charge in [0, 0.05) is 6.42 Å². The highest BCUT2D eigenvalue weighted by molar-refractivity contribution is 5.73. The highest BCUT2D eigenvalue weighted by atomic mass is 19.3. The second-order valence-electron chi connectivity index (χ2n) is 3.69. The van der Waals surface area contributed by atoms with E-state index >= 15 is 0 Å². The molecule has 16 heavy (non-hydrogen) atoms. The van der Waals surface area contributed by atoms with Crippen LogP contribution in [-0.2, 0) is 9.53 Å². The lowest BCUT2D eigenvalue weighted by atomic mass is 9.83. The molecule has 0 spiro atoms. The summed E-state index contributed by atoms with van der Waals surface area (Å²) in [5.74, 6) is -8.05. The van der Waals surface area contributed by atoms with Crippen LogP contribution in [0.2, 0.25) is 0 Å². The van der Waals surface area contributed by atoms with E-state index in [1.165, 1.54) is 12.1 Å². The lowest BCUT2D eigenvalue weighted by Crippen LogP contribution is -2.35. The first-order valence-electron chi connectivity index (χ1n) is 4.72. The largest absolute Gasteiger partial charge is 0.469 e. The van der Waals surface area contributed by atoms with Crippen molar-refractivity contribution in [2.24, 2.45) is 17.8 Å². The van der Waals surface area contributed by atoms with E-state index in [1.54, 1.807) is 0 Å². The smallest absolute Gasteiger partial charge is 0.309 e. The molecule has 1 aliphatic carbocycles. The second kappa shape index (κ2) is 4.44. The molecule has 0 aromatic carbocycles. The maximum atomic E-state index is 13.5. The van der Waals surface area contributed by atoms with E-state index in [9.17, 15) is 13.6 Å². The van der Waals surface area contributed by atoms with E-state index in [2.05, 4.69) is 4.74 Å². The van der Waals surface area contributed by atoms with Crippen LogP contribution in [0.5, 0.6) is 0 Å². The maximum Gasteiger partial charge on any atom is 0.309 e. The van der Waals surface area contributed by atoms with Gasteiger partial charge in [0.2, 0.25) is 0 Å². The van der Waals surface area contributed by atoms with Crippen molar-refractivity contribution >= 4 is 5.97 Å². The van der Waals surface area contributed by atoms with Crippen LogP contribution in [0.1, 0.15) is 12.8 Å². The third-order valence-corrected chi connectivity index (χ3v) is 2.85. The van der Waals surface area contributed by atoms with E-state index in [0.29, 0.717) is 0 Å². The fourth-order valence-corrected chi connectivity index (χ4v) is 2.07. The van der Waals surface area contributed by atoms with E-state index in [-0.39, 0.29) is 6.42 Å². The van der Waals surface area contributed by atoms with Crippen LogP contribution >= 0.6 is 0 Å². The van der Waals surface area contributed by atoms with Gasteiger partial charge in [-0.3, -0.25) is 4.79 Å². The molecule has 0 aliphatic heterocycles. The predicted molar refractivity (Wildman–Crippen MR) is 47.9 cm³/mol. The Kier molecular flexibility index (Phi) is 3.44. The number of esters is 1. The Hall–Kier alpha value is -1.69. The summed E-state index contributed by atoms with van der Waals surface area (Å²) in [5.41, 5.74) is 0.